The molecule has 0 bridgehead atoms. The minimum Gasteiger partial charge on any atom is -0.379 e. The quantitative estimate of drug-likeness (QED) is 0.256. The van der Waals surface area contributed by atoms with Crippen LogP contribution in [0.25, 0.3) is 10.4 Å². The van der Waals surface area contributed by atoms with Crippen LogP contribution < -0.4 is 5.32 Å². The van der Waals surface area contributed by atoms with Crippen molar-refractivity contribution in [1.29, 1.82) is 0 Å². The summed E-state index contributed by atoms with van der Waals surface area (Å²) in [6.07, 6.45) is 1.41. The molecule has 0 aromatic heterocycles. The van der Waals surface area contributed by atoms with Crippen molar-refractivity contribution in [2.24, 2.45) is 5.11 Å². The average Bonchev–Trinajstić information content (AvgIpc) is 2.32. The van der Waals surface area contributed by atoms with Gasteiger partial charge in [0.15, 0.2) is 0 Å². The van der Waals surface area contributed by atoms with Gasteiger partial charge in [0, 0.05) is 24.4 Å². The lowest BCUT2D eigenvalue weighted by Crippen LogP contribution is -2.27. The molecule has 0 radical (unpaired) electrons. The second kappa shape index (κ2) is 12.8. The minimum absolute atomic E-state index is 0.0571. The maximum atomic E-state index is 11.0. The number of nitrogens with zero attached hydrogens (tertiary/aromatic N) is 3. The van der Waals surface area contributed by atoms with E-state index in [0.717, 1.165) is 6.42 Å². The van der Waals surface area contributed by atoms with E-state index in [4.69, 9.17) is 15.0 Å². The Bertz CT molecular complexity index is 242. The zero-order valence-corrected chi connectivity index (χ0v) is 10.2. The van der Waals surface area contributed by atoms with Crippen LogP contribution in [0.1, 0.15) is 19.8 Å². The third-order valence-electron chi connectivity index (χ3n) is 1.82. The average molecular weight is 244 g/mol. The molecule has 0 unspecified atom stereocenters. The SMILES string of the molecule is CCCC(=O)NCCOCCOCCN=[N+]=[N-]. The number of ether oxygens (including phenoxy) is 2. The van der Waals surface area contributed by atoms with Crippen LogP contribution in [0.3, 0.4) is 0 Å². The molecule has 7 nitrogen and oxygen atoms in total. The molecule has 1 N–H and O–H groups in total. The molecule has 0 spiro atoms. The zero-order valence-electron chi connectivity index (χ0n) is 10.2. The molecule has 0 aliphatic heterocycles. The van der Waals surface area contributed by atoms with Crippen LogP contribution in [0.2, 0.25) is 0 Å². The van der Waals surface area contributed by atoms with E-state index in [0.29, 0.717) is 45.9 Å². The maximum absolute atomic E-state index is 11.0. The van der Waals surface area contributed by atoms with E-state index >= 15 is 0 Å². The fourth-order valence-corrected chi connectivity index (χ4v) is 1.05. The second-order valence-electron chi connectivity index (χ2n) is 3.28. The number of hydrogen-bond acceptors (Lipinski definition) is 4. The van der Waals surface area contributed by atoms with Crippen molar-refractivity contribution in [2.75, 3.05) is 39.5 Å². The van der Waals surface area contributed by atoms with Gasteiger partial charge in [0.25, 0.3) is 0 Å². The summed E-state index contributed by atoms with van der Waals surface area (Å²) in [7, 11) is 0. The second-order valence-corrected chi connectivity index (χ2v) is 3.28. The van der Waals surface area contributed by atoms with Crippen LogP contribution >= 0.6 is 0 Å². The van der Waals surface area contributed by atoms with Gasteiger partial charge in [0.05, 0.1) is 26.4 Å². The molecule has 0 rings (SSSR count). The number of rotatable bonds is 11. The molecule has 0 aliphatic rings. The molecule has 0 aliphatic carbocycles. The van der Waals surface area contributed by atoms with Crippen molar-refractivity contribution >= 4 is 5.91 Å². The Labute approximate surface area is 101 Å². The molecule has 0 saturated carbocycles. The van der Waals surface area contributed by atoms with E-state index < -0.39 is 0 Å². The van der Waals surface area contributed by atoms with Crippen LogP contribution in [0, 0.1) is 0 Å². The van der Waals surface area contributed by atoms with Crippen molar-refractivity contribution in [3.63, 3.8) is 0 Å². The summed E-state index contributed by atoms with van der Waals surface area (Å²) in [5.41, 5.74) is 7.99. The van der Waals surface area contributed by atoms with E-state index in [1.165, 1.54) is 0 Å². The first-order valence-electron chi connectivity index (χ1n) is 5.74. The third kappa shape index (κ3) is 12.6. The smallest absolute Gasteiger partial charge is 0.220 e. The fraction of sp³-hybridized carbons (Fsp3) is 0.900. The Hall–Kier alpha value is -1.30. The lowest BCUT2D eigenvalue weighted by Gasteiger charge is -2.06. The number of nitrogens with one attached hydrogen (secondary N) is 1. The molecular formula is C10H20N4O3. The Morgan fingerprint density at radius 2 is 2.00 bits per heavy atom. The first-order chi connectivity index (χ1) is 8.31. The normalized spacial score (nSPS) is 9.71. The van der Waals surface area contributed by atoms with E-state index in [1.807, 2.05) is 6.92 Å². The Balaban J connectivity index is 3.08. The molecule has 0 saturated heterocycles. The number of carbonyl (C=O) groups is 1. The summed E-state index contributed by atoms with van der Waals surface area (Å²) in [4.78, 5) is 13.6. The van der Waals surface area contributed by atoms with E-state index in [-0.39, 0.29) is 5.91 Å². The summed E-state index contributed by atoms with van der Waals surface area (Å²) in [6.45, 7) is 4.64. The van der Waals surface area contributed by atoms with Gasteiger partial charge in [-0.3, -0.25) is 4.79 Å². The Kier molecular flexibility index (Phi) is 11.8. The van der Waals surface area contributed by atoms with Crippen LogP contribution in [-0.4, -0.2) is 45.4 Å². The molecule has 7 heteroatoms. The highest BCUT2D eigenvalue weighted by molar-refractivity contribution is 5.75. The van der Waals surface area contributed by atoms with Gasteiger partial charge >= 0.3 is 0 Å². The van der Waals surface area contributed by atoms with Crippen molar-refractivity contribution in [3.05, 3.63) is 10.4 Å². The van der Waals surface area contributed by atoms with Gasteiger partial charge in [-0.2, -0.15) is 0 Å². The van der Waals surface area contributed by atoms with Gasteiger partial charge in [-0.25, -0.2) is 0 Å². The Morgan fingerprint density at radius 1 is 1.29 bits per heavy atom. The predicted molar refractivity (Wildman–Crippen MR) is 63.6 cm³/mol. The van der Waals surface area contributed by atoms with E-state index in [2.05, 4.69) is 15.3 Å². The first kappa shape index (κ1) is 15.7. The first-order valence-corrected chi connectivity index (χ1v) is 5.74. The molecule has 0 fully saturated rings. The molecule has 0 heterocycles. The van der Waals surface area contributed by atoms with Gasteiger partial charge in [-0.15, -0.1) is 0 Å². The standard InChI is InChI=1S/C10H20N4O3/c1-2-3-10(15)12-4-6-16-8-9-17-7-5-13-14-11/h2-9H2,1H3,(H,12,15). The molecule has 0 atom stereocenters. The Morgan fingerprint density at radius 3 is 2.65 bits per heavy atom. The fourth-order valence-electron chi connectivity index (χ4n) is 1.05. The third-order valence-corrected chi connectivity index (χ3v) is 1.82. The maximum Gasteiger partial charge on any atom is 0.220 e. The molecule has 98 valence electrons. The van der Waals surface area contributed by atoms with Gasteiger partial charge in [-0.05, 0) is 12.0 Å². The van der Waals surface area contributed by atoms with Gasteiger partial charge in [0.1, 0.15) is 0 Å². The number of azide groups is 1. The number of amides is 1. The largest absolute Gasteiger partial charge is 0.379 e. The van der Waals surface area contributed by atoms with Gasteiger partial charge in [-0.1, -0.05) is 12.0 Å². The van der Waals surface area contributed by atoms with Crippen LogP contribution in [0.5, 0.6) is 0 Å². The molecule has 0 aromatic carbocycles. The minimum atomic E-state index is 0.0571. The van der Waals surface area contributed by atoms with Crippen LogP contribution in [0.4, 0.5) is 0 Å². The lowest BCUT2D eigenvalue weighted by atomic mass is 10.3. The molecule has 0 aromatic rings. The van der Waals surface area contributed by atoms with Gasteiger partial charge < -0.3 is 14.8 Å². The van der Waals surface area contributed by atoms with E-state index in [1.54, 1.807) is 0 Å². The van der Waals surface area contributed by atoms with Crippen molar-refractivity contribution < 1.29 is 14.3 Å². The highest BCUT2D eigenvalue weighted by Gasteiger charge is 1.97. The summed E-state index contributed by atoms with van der Waals surface area (Å²) < 4.78 is 10.4. The highest BCUT2D eigenvalue weighted by Crippen LogP contribution is 1.85. The summed E-state index contributed by atoms with van der Waals surface area (Å²) in [5, 5.41) is 6.07. The van der Waals surface area contributed by atoms with Crippen molar-refractivity contribution in [3.8, 4) is 0 Å². The van der Waals surface area contributed by atoms with E-state index in [9.17, 15) is 4.79 Å². The highest BCUT2D eigenvalue weighted by atomic mass is 16.5. The van der Waals surface area contributed by atoms with Crippen molar-refractivity contribution in [2.45, 2.75) is 19.8 Å². The topological polar surface area (TPSA) is 96.3 Å². The summed E-state index contributed by atoms with van der Waals surface area (Å²) in [6, 6.07) is 0. The monoisotopic (exact) mass is 244 g/mol. The lowest BCUT2D eigenvalue weighted by molar-refractivity contribution is -0.121. The number of carbonyl (C=O) groups excluding carboxylic acids is 1. The predicted octanol–water partition coefficient (Wildman–Crippen LogP) is 1.25. The molecular weight excluding hydrogens is 224 g/mol. The zero-order chi connectivity index (χ0) is 12.8. The summed E-state index contributed by atoms with van der Waals surface area (Å²) in [5.74, 6) is 0.0571. The summed E-state index contributed by atoms with van der Waals surface area (Å²) >= 11 is 0. The molecule has 17 heavy (non-hydrogen) atoms. The number of hydrogen-bond donors (Lipinski definition) is 1. The van der Waals surface area contributed by atoms with Crippen LogP contribution in [-0.2, 0) is 14.3 Å². The van der Waals surface area contributed by atoms with Gasteiger partial charge in [0.2, 0.25) is 5.91 Å². The molecule has 1 amide bonds. The van der Waals surface area contributed by atoms with Crippen molar-refractivity contribution in [1.82, 2.24) is 5.32 Å². The van der Waals surface area contributed by atoms with Crippen LogP contribution in [0.15, 0.2) is 5.11 Å².